The van der Waals surface area contributed by atoms with Gasteiger partial charge in [-0.3, -0.25) is 4.79 Å². The van der Waals surface area contributed by atoms with E-state index in [1.165, 1.54) is 11.8 Å². The van der Waals surface area contributed by atoms with E-state index in [0.29, 0.717) is 11.6 Å². The van der Waals surface area contributed by atoms with Crippen LogP contribution < -0.4 is 5.32 Å². The third kappa shape index (κ3) is 3.15. The van der Waals surface area contributed by atoms with Crippen molar-refractivity contribution in [3.63, 3.8) is 0 Å². The number of pyridine rings is 1. The summed E-state index contributed by atoms with van der Waals surface area (Å²) < 4.78 is 2.04. The first-order valence-electron chi connectivity index (χ1n) is 6.00. The largest absolute Gasteiger partial charge is 0.310 e. The van der Waals surface area contributed by atoms with Gasteiger partial charge in [0, 0.05) is 6.20 Å². The van der Waals surface area contributed by atoms with Crippen LogP contribution in [-0.2, 0) is 4.79 Å². The van der Waals surface area contributed by atoms with Crippen molar-refractivity contribution < 1.29 is 4.79 Å². The van der Waals surface area contributed by atoms with Gasteiger partial charge in [0.1, 0.15) is 5.82 Å². The van der Waals surface area contributed by atoms with Crippen LogP contribution in [0.15, 0.2) is 53.0 Å². The van der Waals surface area contributed by atoms with E-state index in [1.807, 2.05) is 36.4 Å². The fraction of sp³-hybridized carbons (Fsp3) is 0.0714. The zero-order chi connectivity index (χ0) is 13.8. The molecule has 100 valence electrons. The van der Waals surface area contributed by atoms with Gasteiger partial charge in [-0.1, -0.05) is 30.0 Å². The molecule has 0 radical (unpaired) electrons. The summed E-state index contributed by atoms with van der Waals surface area (Å²) in [6.07, 6.45) is 1.65. The molecular formula is C14H11N3OS2. The van der Waals surface area contributed by atoms with Gasteiger partial charge in [0.25, 0.3) is 0 Å². The predicted molar refractivity (Wildman–Crippen MR) is 83.2 cm³/mol. The van der Waals surface area contributed by atoms with Crippen LogP contribution in [-0.4, -0.2) is 21.6 Å². The minimum Gasteiger partial charge on any atom is -0.310 e. The standard InChI is InChI=1S/C14H11N3OS2/c18-13(17-12-7-3-4-8-15-12)9-19-14-16-10-5-1-2-6-11(10)20-14/h1-8H,9H2,(H,15,17,18). The van der Waals surface area contributed by atoms with Gasteiger partial charge in [-0.05, 0) is 24.3 Å². The first kappa shape index (κ1) is 13.1. The third-order valence-corrected chi connectivity index (χ3v) is 4.71. The lowest BCUT2D eigenvalue weighted by atomic mass is 10.3. The van der Waals surface area contributed by atoms with Crippen LogP contribution in [0.3, 0.4) is 0 Å². The second kappa shape index (κ2) is 6.02. The first-order valence-corrected chi connectivity index (χ1v) is 7.81. The van der Waals surface area contributed by atoms with E-state index in [2.05, 4.69) is 15.3 Å². The summed E-state index contributed by atoms with van der Waals surface area (Å²) in [5.41, 5.74) is 0.977. The van der Waals surface area contributed by atoms with Crippen molar-refractivity contribution in [3.05, 3.63) is 48.7 Å². The number of anilines is 1. The Morgan fingerprint density at radius 3 is 2.85 bits per heavy atom. The molecule has 2 heterocycles. The predicted octanol–water partition coefficient (Wildman–Crippen LogP) is 3.42. The van der Waals surface area contributed by atoms with Crippen molar-refractivity contribution in [1.82, 2.24) is 9.97 Å². The number of hydrogen-bond donors (Lipinski definition) is 1. The molecule has 1 amide bonds. The van der Waals surface area contributed by atoms with Crippen molar-refractivity contribution in [1.29, 1.82) is 0 Å². The van der Waals surface area contributed by atoms with Crippen LogP contribution in [0.25, 0.3) is 10.2 Å². The molecule has 0 atom stereocenters. The Morgan fingerprint density at radius 2 is 2.05 bits per heavy atom. The number of rotatable bonds is 4. The van der Waals surface area contributed by atoms with Crippen molar-refractivity contribution in [2.24, 2.45) is 0 Å². The molecule has 2 aromatic heterocycles. The number of aromatic nitrogens is 2. The van der Waals surface area contributed by atoms with Crippen molar-refractivity contribution in [3.8, 4) is 0 Å². The summed E-state index contributed by atoms with van der Waals surface area (Å²) in [6.45, 7) is 0. The molecule has 1 aromatic carbocycles. The Kier molecular flexibility index (Phi) is 3.94. The van der Waals surface area contributed by atoms with Crippen LogP contribution in [0.4, 0.5) is 5.82 Å². The van der Waals surface area contributed by atoms with Gasteiger partial charge in [0.05, 0.1) is 16.0 Å². The second-order valence-electron chi connectivity index (χ2n) is 4.00. The highest BCUT2D eigenvalue weighted by Gasteiger charge is 2.08. The SMILES string of the molecule is O=C(CSc1nc2ccccc2s1)Nc1ccccn1. The monoisotopic (exact) mass is 301 g/mol. The van der Waals surface area contributed by atoms with Gasteiger partial charge in [-0.15, -0.1) is 11.3 Å². The van der Waals surface area contributed by atoms with Crippen LogP contribution in [0.2, 0.25) is 0 Å². The number of carbonyl (C=O) groups excluding carboxylic acids is 1. The smallest absolute Gasteiger partial charge is 0.235 e. The number of amides is 1. The van der Waals surface area contributed by atoms with Gasteiger partial charge in [-0.25, -0.2) is 9.97 Å². The van der Waals surface area contributed by atoms with E-state index in [1.54, 1.807) is 23.6 Å². The number of fused-ring (bicyclic) bond motifs is 1. The Labute approximate surface area is 124 Å². The molecule has 4 nitrogen and oxygen atoms in total. The number of nitrogens with zero attached hydrogens (tertiary/aromatic N) is 2. The normalized spacial score (nSPS) is 10.6. The molecule has 20 heavy (non-hydrogen) atoms. The lowest BCUT2D eigenvalue weighted by Gasteiger charge is -2.02. The van der Waals surface area contributed by atoms with Gasteiger partial charge >= 0.3 is 0 Å². The van der Waals surface area contributed by atoms with E-state index in [0.717, 1.165) is 14.6 Å². The molecule has 0 aliphatic heterocycles. The lowest BCUT2D eigenvalue weighted by molar-refractivity contribution is -0.113. The van der Waals surface area contributed by atoms with E-state index < -0.39 is 0 Å². The summed E-state index contributed by atoms with van der Waals surface area (Å²) in [5, 5.41) is 2.75. The molecule has 6 heteroatoms. The van der Waals surface area contributed by atoms with E-state index in [-0.39, 0.29) is 5.91 Å². The molecule has 0 bridgehead atoms. The van der Waals surface area contributed by atoms with Gasteiger partial charge < -0.3 is 5.32 Å². The molecule has 0 aliphatic carbocycles. The average Bonchev–Trinajstić information content (AvgIpc) is 2.89. The van der Waals surface area contributed by atoms with Gasteiger partial charge in [0.2, 0.25) is 5.91 Å². The number of nitrogens with one attached hydrogen (secondary N) is 1. The topological polar surface area (TPSA) is 54.9 Å². The summed E-state index contributed by atoms with van der Waals surface area (Å²) in [7, 11) is 0. The summed E-state index contributed by atoms with van der Waals surface area (Å²) in [6, 6.07) is 13.4. The molecule has 3 rings (SSSR count). The van der Waals surface area contributed by atoms with Crippen molar-refractivity contribution >= 4 is 45.0 Å². The molecular weight excluding hydrogens is 290 g/mol. The number of carbonyl (C=O) groups is 1. The molecule has 0 aliphatic rings. The maximum Gasteiger partial charge on any atom is 0.235 e. The fourth-order valence-corrected chi connectivity index (χ4v) is 3.52. The number of para-hydroxylation sites is 1. The fourth-order valence-electron chi connectivity index (χ4n) is 1.66. The number of thiazole rings is 1. The lowest BCUT2D eigenvalue weighted by Crippen LogP contribution is -2.14. The third-order valence-electron chi connectivity index (χ3n) is 2.53. The highest BCUT2D eigenvalue weighted by molar-refractivity contribution is 8.01. The van der Waals surface area contributed by atoms with Crippen LogP contribution in [0.1, 0.15) is 0 Å². The Hall–Kier alpha value is -1.92. The minimum atomic E-state index is -0.0760. The Balaban J connectivity index is 1.60. The molecule has 1 N–H and O–H groups in total. The molecule has 0 fully saturated rings. The van der Waals surface area contributed by atoms with Crippen molar-refractivity contribution in [2.75, 3.05) is 11.1 Å². The van der Waals surface area contributed by atoms with Crippen LogP contribution >= 0.6 is 23.1 Å². The van der Waals surface area contributed by atoms with Gasteiger partial charge in [-0.2, -0.15) is 0 Å². The quantitative estimate of drug-likeness (QED) is 0.750. The van der Waals surface area contributed by atoms with Gasteiger partial charge in [0.15, 0.2) is 4.34 Å². The summed E-state index contributed by atoms with van der Waals surface area (Å²) in [4.78, 5) is 20.3. The average molecular weight is 301 g/mol. The Bertz CT molecular complexity index is 694. The highest BCUT2D eigenvalue weighted by Crippen LogP contribution is 2.29. The molecule has 3 aromatic rings. The number of thioether (sulfide) groups is 1. The molecule has 0 saturated heterocycles. The minimum absolute atomic E-state index is 0.0760. The highest BCUT2D eigenvalue weighted by atomic mass is 32.2. The molecule has 0 saturated carbocycles. The molecule has 0 unspecified atom stereocenters. The zero-order valence-electron chi connectivity index (χ0n) is 10.4. The van der Waals surface area contributed by atoms with Crippen molar-refractivity contribution in [2.45, 2.75) is 4.34 Å². The molecule has 0 spiro atoms. The zero-order valence-corrected chi connectivity index (χ0v) is 12.1. The summed E-state index contributed by atoms with van der Waals surface area (Å²) >= 11 is 3.04. The van der Waals surface area contributed by atoms with E-state index in [4.69, 9.17) is 0 Å². The van der Waals surface area contributed by atoms with Crippen LogP contribution in [0, 0.1) is 0 Å². The van der Waals surface area contributed by atoms with Crippen LogP contribution in [0.5, 0.6) is 0 Å². The number of benzene rings is 1. The number of hydrogen-bond acceptors (Lipinski definition) is 5. The summed E-state index contributed by atoms with van der Waals surface area (Å²) in [5.74, 6) is 0.825. The second-order valence-corrected chi connectivity index (χ2v) is 6.25. The maximum absolute atomic E-state index is 11.8. The Morgan fingerprint density at radius 1 is 1.20 bits per heavy atom. The maximum atomic E-state index is 11.8. The van der Waals surface area contributed by atoms with E-state index >= 15 is 0 Å². The first-order chi connectivity index (χ1) is 9.81. The van der Waals surface area contributed by atoms with E-state index in [9.17, 15) is 4.79 Å².